The van der Waals surface area contributed by atoms with E-state index in [9.17, 15) is 9.90 Å². The van der Waals surface area contributed by atoms with Crippen LogP contribution in [0.3, 0.4) is 0 Å². The highest BCUT2D eigenvalue weighted by Gasteiger charge is 2.36. The maximum Gasteiger partial charge on any atom is 0.315 e. The maximum atomic E-state index is 11.3. The van der Waals surface area contributed by atoms with Crippen LogP contribution >= 0.6 is 0 Å². The fourth-order valence-corrected chi connectivity index (χ4v) is 2.51. The first-order chi connectivity index (χ1) is 9.42. The highest BCUT2D eigenvalue weighted by molar-refractivity contribution is 5.89. The number of hydrogen-bond acceptors (Lipinski definition) is 7. The number of carbonyl (C=O) groups excluding carboxylic acids is 1. The van der Waals surface area contributed by atoms with E-state index in [4.69, 9.17) is 4.52 Å². The Kier molecular flexibility index (Phi) is 4.36. The number of hydrogen-bond donors (Lipinski definition) is 2. The van der Waals surface area contributed by atoms with Crippen molar-refractivity contribution in [2.45, 2.75) is 18.6 Å². The van der Waals surface area contributed by atoms with Crippen molar-refractivity contribution >= 4 is 5.91 Å². The van der Waals surface area contributed by atoms with Crippen LogP contribution in [0, 0.1) is 0 Å². The molecule has 1 aromatic heterocycles. The van der Waals surface area contributed by atoms with Crippen molar-refractivity contribution < 1.29 is 14.4 Å². The normalized spacial score (nSPS) is 23.4. The van der Waals surface area contributed by atoms with Crippen molar-refractivity contribution in [1.29, 1.82) is 0 Å². The van der Waals surface area contributed by atoms with Crippen LogP contribution in [0.1, 0.15) is 22.9 Å². The summed E-state index contributed by atoms with van der Waals surface area (Å²) >= 11 is 0. The zero-order valence-electron chi connectivity index (χ0n) is 12.1. The Morgan fingerprint density at radius 2 is 2.35 bits per heavy atom. The van der Waals surface area contributed by atoms with Gasteiger partial charge in [-0.1, -0.05) is 5.16 Å². The lowest BCUT2D eigenvalue weighted by molar-refractivity contribution is 0.0237. The van der Waals surface area contributed by atoms with E-state index in [0.29, 0.717) is 31.9 Å². The van der Waals surface area contributed by atoms with Gasteiger partial charge in [-0.2, -0.15) is 4.98 Å². The average molecular weight is 283 g/mol. The standard InChI is InChI=1S/C12H21N5O3/c1-13-10(18)11-14-9(15-20-11)6-17-5-4-12(19,8-17)7-16(2)3/h19H,4-8H2,1-3H3,(H,13,18). The Morgan fingerprint density at radius 3 is 3.00 bits per heavy atom. The first-order valence-corrected chi connectivity index (χ1v) is 6.56. The Hall–Kier alpha value is -1.51. The van der Waals surface area contributed by atoms with Gasteiger partial charge in [-0.15, -0.1) is 0 Å². The molecule has 1 aromatic rings. The molecule has 2 rings (SSSR count). The molecular weight excluding hydrogens is 262 g/mol. The number of β-amino-alcohol motifs (C(OH)–C–C–N with tert-alkyl or cyclic N) is 1. The number of nitrogens with zero attached hydrogens (tertiary/aromatic N) is 4. The molecule has 2 N–H and O–H groups in total. The smallest absolute Gasteiger partial charge is 0.315 e. The maximum absolute atomic E-state index is 11.3. The number of aromatic nitrogens is 2. The summed E-state index contributed by atoms with van der Waals surface area (Å²) in [6, 6.07) is 0. The first-order valence-electron chi connectivity index (χ1n) is 6.56. The largest absolute Gasteiger partial charge is 0.387 e. The lowest BCUT2D eigenvalue weighted by Gasteiger charge is -2.26. The molecule has 0 bridgehead atoms. The van der Waals surface area contributed by atoms with E-state index < -0.39 is 11.5 Å². The number of carbonyl (C=O) groups is 1. The van der Waals surface area contributed by atoms with Crippen molar-refractivity contribution in [3.8, 4) is 0 Å². The average Bonchev–Trinajstić information content (AvgIpc) is 2.95. The van der Waals surface area contributed by atoms with Crippen LogP contribution in [-0.2, 0) is 6.54 Å². The van der Waals surface area contributed by atoms with Gasteiger partial charge in [0.2, 0.25) is 0 Å². The molecule has 2 heterocycles. The van der Waals surface area contributed by atoms with E-state index in [1.54, 1.807) is 0 Å². The zero-order chi connectivity index (χ0) is 14.8. The summed E-state index contributed by atoms with van der Waals surface area (Å²) in [4.78, 5) is 19.4. The second kappa shape index (κ2) is 5.86. The fourth-order valence-electron chi connectivity index (χ4n) is 2.51. The molecule has 1 atom stereocenters. The van der Waals surface area contributed by atoms with Crippen molar-refractivity contribution in [2.75, 3.05) is 40.8 Å². The third kappa shape index (κ3) is 3.53. The van der Waals surface area contributed by atoms with E-state index in [1.807, 2.05) is 19.0 Å². The fraction of sp³-hybridized carbons (Fsp3) is 0.750. The molecule has 0 aromatic carbocycles. The number of rotatable bonds is 5. The molecule has 0 radical (unpaired) electrons. The minimum Gasteiger partial charge on any atom is -0.387 e. The molecule has 1 amide bonds. The first kappa shape index (κ1) is 14.9. The van der Waals surface area contributed by atoms with Crippen molar-refractivity contribution in [3.05, 3.63) is 11.7 Å². The van der Waals surface area contributed by atoms with Crippen molar-refractivity contribution in [1.82, 2.24) is 25.3 Å². The number of likely N-dealkylation sites (tertiary alicyclic amines) is 1. The summed E-state index contributed by atoms with van der Waals surface area (Å²) in [7, 11) is 5.39. The Bertz CT molecular complexity index is 475. The number of amides is 1. The molecule has 20 heavy (non-hydrogen) atoms. The third-order valence-corrected chi connectivity index (χ3v) is 3.28. The number of likely N-dealkylation sites (N-methyl/N-ethyl adjacent to an activating group) is 1. The van der Waals surface area contributed by atoms with Crippen LogP contribution in [0.4, 0.5) is 0 Å². The highest BCUT2D eigenvalue weighted by Crippen LogP contribution is 2.22. The summed E-state index contributed by atoms with van der Waals surface area (Å²) in [5, 5.41) is 16.6. The van der Waals surface area contributed by atoms with E-state index >= 15 is 0 Å². The van der Waals surface area contributed by atoms with Crippen LogP contribution in [0.5, 0.6) is 0 Å². The van der Waals surface area contributed by atoms with Crippen LogP contribution in [0.2, 0.25) is 0 Å². The quantitative estimate of drug-likeness (QED) is 0.710. The molecule has 8 heteroatoms. The Balaban J connectivity index is 1.92. The van der Waals surface area contributed by atoms with Crippen molar-refractivity contribution in [3.63, 3.8) is 0 Å². The molecule has 1 fully saturated rings. The molecule has 1 saturated heterocycles. The van der Waals surface area contributed by atoms with Gasteiger partial charge in [0.15, 0.2) is 5.82 Å². The summed E-state index contributed by atoms with van der Waals surface area (Å²) in [6.07, 6.45) is 0.714. The van der Waals surface area contributed by atoms with Crippen molar-refractivity contribution in [2.24, 2.45) is 0 Å². The summed E-state index contributed by atoms with van der Waals surface area (Å²) < 4.78 is 4.87. The minimum atomic E-state index is -0.698. The van der Waals surface area contributed by atoms with Gasteiger partial charge < -0.3 is 19.8 Å². The second-order valence-electron chi connectivity index (χ2n) is 5.52. The van der Waals surface area contributed by atoms with Gasteiger partial charge in [0, 0.05) is 26.7 Å². The lowest BCUT2D eigenvalue weighted by Crippen LogP contribution is -2.42. The van der Waals surface area contributed by atoms with Gasteiger partial charge in [0.1, 0.15) is 0 Å². The van der Waals surface area contributed by atoms with E-state index in [1.165, 1.54) is 7.05 Å². The number of nitrogens with one attached hydrogen (secondary N) is 1. The third-order valence-electron chi connectivity index (χ3n) is 3.28. The molecular formula is C12H21N5O3. The summed E-state index contributed by atoms with van der Waals surface area (Å²) in [5.74, 6) is 0.0252. The van der Waals surface area contributed by atoms with Gasteiger partial charge in [-0.3, -0.25) is 9.69 Å². The van der Waals surface area contributed by atoms with E-state index in [0.717, 1.165) is 6.54 Å². The van der Waals surface area contributed by atoms with Gasteiger partial charge in [-0.05, 0) is 20.5 Å². The monoisotopic (exact) mass is 283 g/mol. The molecule has 1 unspecified atom stereocenters. The van der Waals surface area contributed by atoms with Gasteiger partial charge in [0.25, 0.3) is 0 Å². The Morgan fingerprint density at radius 1 is 1.60 bits per heavy atom. The Labute approximate surface area is 117 Å². The molecule has 0 saturated carbocycles. The van der Waals surface area contributed by atoms with Gasteiger partial charge in [0.05, 0.1) is 12.1 Å². The minimum absolute atomic E-state index is 0.0368. The van der Waals surface area contributed by atoms with Crippen LogP contribution < -0.4 is 5.32 Å². The summed E-state index contributed by atoms with van der Waals surface area (Å²) in [6.45, 7) is 2.43. The molecule has 0 aliphatic carbocycles. The van der Waals surface area contributed by atoms with Crippen LogP contribution in [0.25, 0.3) is 0 Å². The van der Waals surface area contributed by atoms with E-state index in [-0.39, 0.29) is 5.89 Å². The SMILES string of the molecule is CNC(=O)c1nc(CN2CCC(O)(CN(C)C)C2)no1. The second-order valence-corrected chi connectivity index (χ2v) is 5.52. The molecule has 0 spiro atoms. The van der Waals surface area contributed by atoms with E-state index in [2.05, 4.69) is 20.4 Å². The van der Waals surface area contributed by atoms with Crippen LogP contribution in [0.15, 0.2) is 4.52 Å². The van der Waals surface area contributed by atoms with Gasteiger partial charge in [-0.25, -0.2) is 0 Å². The number of aliphatic hydroxyl groups is 1. The summed E-state index contributed by atoms with van der Waals surface area (Å²) in [5.41, 5.74) is -0.698. The topological polar surface area (TPSA) is 94.7 Å². The predicted octanol–water partition coefficient (Wildman–Crippen LogP) is -1.07. The highest BCUT2D eigenvalue weighted by atomic mass is 16.5. The lowest BCUT2D eigenvalue weighted by atomic mass is 10.0. The van der Waals surface area contributed by atoms with Gasteiger partial charge >= 0.3 is 11.8 Å². The van der Waals surface area contributed by atoms with Crippen LogP contribution in [-0.4, -0.2) is 77.3 Å². The molecule has 8 nitrogen and oxygen atoms in total. The zero-order valence-corrected chi connectivity index (χ0v) is 12.1. The molecule has 112 valence electrons. The molecule has 1 aliphatic heterocycles. The molecule has 1 aliphatic rings. The predicted molar refractivity (Wildman–Crippen MR) is 71.1 cm³/mol.